The minimum absolute atomic E-state index is 0.572. The van der Waals surface area contributed by atoms with Crippen LogP contribution in [0.1, 0.15) is 24.1 Å². The number of anilines is 2. The molecule has 1 aliphatic rings. The number of ether oxygens (including phenoxy) is 1. The number of hydrogen-bond acceptors (Lipinski definition) is 5. The van der Waals surface area contributed by atoms with E-state index in [0.29, 0.717) is 18.8 Å². The number of aromatic nitrogens is 2. The van der Waals surface area contributed by atoms with Crippen molar-refractivity contribution in [3.63, 3.8) is 0 Å². The normalized spacial score (nSPS) is 13.5. The lowest BCUT2D eigenvalue weighted by Crippen LogP contribution is -2.16. The van der Waals surface area contributed by atoms with Gasteiger partial charge in [-0.2, -0.15) is 0 Å². The van der Waals surface area contributed by atoms with Gasteiger partial charge in [0.15, 0.2) is 0 Å². The van der Waals surface area contributed by atoms with E-state index in [2.05, 4.69) is 15.3 Å². The molecule has 0 fully saturated rings. The number of hydrogen-bond donors (Lipinski definition) is 2. The fourth-order valence-electron chi connectivity index (χ4n) is 2.62. The summed E-state index contributed by atoms with van der Waals surface area (Å²) in [5, 5.41) is 3.35. The van der Waals surface area contributed by atoms with Gasteiger partial charge in [0.05, 0.1) is 6.54 Å². The van der Waals surface area contributed by atoms with E-state index in [0.717, 1.165) is 24.4 Å². The third-order valence-corrected chi connectivity index (χ3v) is 3.65. The smallest absolute Gasteiger partial charge is 0.132 e. The molecule has 0 spiro atoms. The van der Waals surface area contributed by atoms with Gasteiger partial charge in [-0.25, -0.2) is 9.97 Å². The maximum absolute atomic E-state index is 5.72. The molecule has 0 radical (unpaired) electrons. The van der Waals surface area contributed by atoms with Crippen LogP contribution >= 0.6 is 0 Å². The van der Waals surface area contributed by atoms with Crippen LogP contribution in [0.2, 0.25) is 0 Å². The molecule has 0 atom stereocenters. The van der Waals surface area contributed by atoms with Crippen LogP contribution in [0, 0.1) is 0 Å². The molecule has 110 valence electrons. The van der Waals surface area contributed by atoms with Crippen molar-refractivity contribution in [2.24, 2.45) is 0 Å². The summed E-state index contributed by atoms with van der Waals surface area (Å²) in [7, 11) is 0. The Balaban J connectivity index is 1.54. The van der Waals surface area contributed by atoms with Gasteiger partial charge in [0.2, 0.25) is 0 Å². The molecule has 0 aliphatic heterocycles. The van der Waals surface area contributed by atoms with E-state index in [4.69, 9.17) is 10.5 Å². The topological polar surface area (TPSA) is 73.1 Å². The molecule has 2 aromatic rings. The van der Waals surface area contributed by atoms with Crippen LogP contribution in [0.5, 0.6) is 5.75 Å². The lowest BCUT2D eigenvalue weighted by Gasteiger charge is -2.18. The van der Waals surface area contributed by atoms with E-state index < -0.39 is 0 Å². The number of nitrogens with two attached hydrogens (primary N) is 1. The summed E-state index contributed by atoms with van der Waals surface area (Å²) >= 11 is 0. The summed E-state index contributed by atoms with van der Waals surface area (Å²) in [6.45, 7) is 1.28. The predicted molar refractivity (Wildman–Crippen MR) is 83.5 cm³/mol. The van der Waals surface area contributed by atoms with Gasteiger partial charge in [0, 0.05) is 23.0 Å². The fraction of sp³-hybridized carbons (Fsp3) is 0.375. The maximum Gasteiger partial charge on any atom is 0.132 e. The van der Waals surface area contributed by atoms with Gasteiger partial charge in [-0.3, -0.25) is 0 Å². The van der Waals surface area contributed by atoms with Crippen LogP contribution in [0.4, 0.5) is 11.5 Å². The second-order valence-electron chi connectivity index (χ2n) is 5.20. The average Bonchev–Trinajstić information content (AvgIpc) is 2.52. The molecule has 3 N–H and O–H groups in total. The first-order valence-electron chi connectivity index (χ1n) is 7.38. The number of benzene rings is 1. The molecule has 1 heterocycles. The number of aryl methyl sites for hydroxylation is 1. The highest BCUT2D eigenvalue weighted by Gasteiger charge is 2.14. The van der Waals surface area contributed by atoms with E-state index in [1.807, 2.05) is 24.3 Å². The average molecular weight is 284 g/mol. The molecular weight excluding hydrogens is 264 g/mol. The number of nitrogen functional groups attached to an aromatic ring is 1. The Morgan fingerprint density at radius 3 is 3.00 bits per heavy atom. The zero-order valence-electron chi connectivity index (χ0n) is 12.0. The summed E-state index contributed by atoms with van der Waals surface area (Å²) in [4.78, 5) is 8.72. The van der Waals surface area contributed by atoms with Crippen LogP contribution in [0.15, 0.2) is 30.6 Å². The Bertz CT molecular complexity index is 615. The molecule has 5 heteroatoms. The first-order chi connectivity index (χ1) is 10.3. The molecule has 1 aliphatic carbocycles. The molecule has 0 unspecified atom stereocenters. The van der Waals surface area contributed by atoms with Crippen LogP contribution in [0.25, 0.3) is 0 Å². The largest absolute Gasteiger partial charge is 0.492 e. The number of nitrogens with one attached hydrogen (secondary N) is 1. The third kappa shape index (κ3) is 3.42. The molecule has 1 aromatic heterocycles. The summed E-state index contributed by atoms with van der Waals surface area (Å²) in [6.07, 6.45) is 6.21. The van der Waals surface area contributed by atoms with Crippen LogP contribution in [-0.2, 0) is 12.8 Å². The number of fused-ring (bicyclic) bond motifs is 1. The molecule has 3 rings (SSSR count). The van der Waals surface area contributed by atoms with Gasteiger partial charge in [-0.15, -0.1) is 0 Å². The van der Waals surface area contributed by atoms with Crippen LogP contribution in [-0.4, -0.2) is 23.1 Å². The summed E-state index contributed by atoms with van der Waals surface area (Å²) in [5.74, 6) is 1.75. The minimum Gasteiger partial charge on any atom is -0.492 e. The van der Waals surface area contributed by atoms with Crippen molar-refractivity contribution in [2.45, 2.75) is 25.7 Å². The van der Waals surface area contributed by atoms with Crippen molar-refractivity contribution in [2.75, 3.05) is 24.2 Å². The first kappa shape index (κ1) is 13.7. The lowest BCUT2D eigenvalue weighted by atomic mass is 9.96. The highest BCUT2D eigenvalue weighted by atomic mass is 16.5. The molecule has 0 bridgehead atoms. The molecule has 5 nitrogen and oxygen atoms in total. The fourth-order valence-corrected chi connectivity index (χ4v) is 2.62. The maximum atomic E-state index is 5.72. The van der Waals surface area contributed by atoms with E-state index in [9.17, 15) is 0 Å². The summed E-state index contributed by atoms with van der Waals surface area (Å²) < 4.78 is 5.67. The molecule has 0 saturated heterocycles. The highest BCUT2D eigenvalue weighted by Crippen LogP contribution is 2.24. The van der Waals surface area contributed by atoms with E-state index in [1.165, 1.54) is 24.1 Å². The number of rotatable bonds is 5. The van der Waals surface area contributed by atoms with Gasteiger partial charge in [0.25, 0.3) is 0 Å². The monoisotopic (exact) mass is 284 g/mol. The quantitative estimate of drug-likeness (QED) is 0.651. The number of nitrogens with zero attached hydrogens (tertiary/aromatic N) is 2. The van der Waals surface area contributed by atoms with Crippen molar-refractivity contribution >= 4 is 11.5 Å². The van der Waals surface area contributed by atoms with E-state index in [1.54, 1.807) is 6.33 Å². The zero-order chi connectivity index (χ0) is 14.5. The van der Waals surface area contributed by atoms with Crippen molar-refractivity contribution in [3.8, 4) is 5.75 Å². The lowest BCUT2D eigenvalue weighted by molar-refractivity contribution is 0.333. The Kier molecular flexibility index (Phi) is 4.19. The van der Waals surface area contributed by atoms with E-state index in [-0.39, 0.29) is 0 Å². The molecule has 0 amide bonds. The second kappa shape index (κ2) is 6.43. The summed E-state index contributed by atoms with van der Waals surface area (Å²) in [5.41, 5.74) is 8.89. The predicted octanol–water partition coefficient (Wildman–Crippen LogP) is 2.43. The van der Waals surface area contributed by atoms with Crippen molar-refractivity contribution in [1.29, 1.82) is 0 Å². The van der Waals surface area contributed by atoms with Crippen molar-refractivity contribution < 1.29 is 4.74 Å². The third-order valence-electron chi connectivity index (χ3n) is 3.65. The van der Waals surface area contributed by atoms with E-state index >= 15 is 0 Å². The van der Waals surface area contributed by atoms with Crippen LogP contribution < -0.4 is 15.8 Å². The van der Waals surface area contributed by atoms with Gasteiger partial charge in [-0.05, 0) is 37.8 Å². The molecular formula is C16H20N4O. The van der Waals surface area contributed by atoms with Gasteiger partial charge in [0.1, 0.15) is 24.5 Å². The second-order valence-corrected chi connectivity index (χ2v) is 5.20. The van der Waals surface area contributed by atoms with Crippen molar-refractivity contribution in [3.05, 3.63) is 41.9 Å². The van der Waals surface area contributed by atoms with Crippen LogP contribution in [0.3, 0.4) is 0 Å². The molecule has 0 saturated carbocycles. The first-order valence-corrected chi connectivity index (χ1v) is 7.38. The molecule has 1 aromatic carbocycles. The zero-order valence-corrected chi connectivity index (χ0v) is 12.0. The standard InChI is InChI=1S/C16H20N4O/c17-12-4-3-5-13(10-12)21-9-8-18-16-14-6-1-2-7-15(14)19-11-20-16/h3-5,10-11H,1-2,6-9,17H2,(H,18,19,20). The van der Waals surface area contributed by atoms with Gasteiger partial charge >= 0.3 is 0 Å². The molecule has 21 heavy (non-hydrogen) atoms. The highest BCUT2D eigenvalue weighted by molar-refractivity contribution is 5.47. The Morgan fingerprint density at radius 2 is 2.10 bits per heavy atom. The van der Waals surface area contributed by atoms with Gasteiger partial charge in [-0.1, -0.05) is 6.07 Å². The van der Waals surface area contributed by atoms with Crippen molar-refractivity contribution in [1.82, 2.24) is 9.97 Å². The SMILES string of the molecule is Nc1cccc(OCCNc2ncnc3c2CCCC3)c1. The Morgan fingerprint density at radius 1 is 1.19 bits per heavy atom. The Labute approximate surface area is 124 Å². The Hall–Kier alpha value is -2.30. The minimum atomic E-state index is 0.572. The van der Waals surface area contributed by atoms with Gasteiger partial charge < -0.3 is 15.8 Å². The summed E-state index contributed by atoms with van der Waals surface area (Å²) in [6, 6.07) is 7.46.